The second-order valence-corrected chi connectivity index (χ2v) is 5.63. The summed E-state index contributed by atoms with van der Waals surface area (Å²) in [4.78, 5) is 2.47. The molecule has 2 atom stereocenters. The molecule has 0 aliphatic carbocycles. The molecule has 0 aromatic carbocycles. The first-order valence-electron chi connectivity index (χ1n) is 5.29. The van der Waals surface area contributed by atoms with E-state index in [2.05, 4.69) is 32.6 Å². The molecule has 2 nitrogen and oxygen atoms in total. The summed E-state index contributed by atoms with van der Waals surface area (Å²) in [6, 6.07) is 0. The lowest BCUT2D eigenvalue weighted by molar-refractivity contribution is 0.0230. The topological polar surface area (TPSA) is 23.5 Å². The minimum absolute atomic E-state index is 0.0729. The molecule has 2 unspecified atom stereocenters. The van der Waals surface area contributed by atoms with Crippen molar-refractivity contribution < 1.29 is 5.11 Å². The van der Waals surface area contributed by atoms with E-state index in [0.717, 1.165) is 26.1 Å². The summed E-state index contributed by atoms with van der Waals surface area (Å²) in [6.45, 7) is 12.2. The molecular formula is C11H23NO. The highest BCUT2D eigenvalue weighted by Crippen LogP contribution is 2.21. The van der Waals surface area contributed by atoms with Gasteiger partial charge < -0.3 is 10.0 Å². The third-order valence-electron chi connectivity index (χ3n) is 2.64. The molecule has 2 heteroatoms. The highest BCUT2D eigenvalue weighted by atomic mass is 16.3. The van der Waals surface area contributed by atoms with Crippen LogP contribution in [0, 0.1) is 11.3 Å². The van der Waals surface area contributed by atoms with Crippen LogP contribution in [-0.2, 0) is 0 Å². The van der Waals surface area contributed by atoms with Crippen LogP contribution in [0.2, 0.25) is 0 Å². The quantitative estimate of drug-likeness (QED) is 0.672. The Kier molecular flexibility index (Phi) is 3.36. The SMILES string of the molecule is CC1CN(CC(C)(C)C)CCC1O. The van der Waals surface area contributed by atoms with E-state index >= 15 is 0 Å². The van der Waals surface area contributed by atoms with Crippen molar-refractivity contribution in [3.05, 3.63) is 0 Å². The first-order chi connectivity index (χ1) is 5.88. The summed E-state index contributed by atoms with van der Waals surface area (Å²) < 4.78 is 0. The smallest absolute Gasteiger partial charge is 0.0590 e. The fraction of sp³-hybridized carbons (Fsp3) is 1.00. The van der Waals surface area contributed by atoms with E-state index in [1.54, 1.807) is 0 Å². The number of likely N-dealkylation sites (tertiary alicyclic amines) is 1. The molecule has 1 aliphatic heterocycles. The normalized spacial score (nSPS) is 32.1. The van der Waals surface area contributed by atoms with Crippen LogP contribution >= 0.6 is 0 Å². The number of hydrogen-bond acceptors (Lipinski definition) is 2. The van der Waals surface area contributed by atoms with Gasteiger partial charge in [0.1, 0.15) is 0 Å². The van der Waals surface area contributed by atoms with E-state index in [0.29, 0.717) is 11.3 Å². The summed E-state index contributed by atoms with van der Waals surface area (Å²) in [5, 5.41) is 9.57. The van der Waals surface area contributed by atoms with Crippen molar-refractivity contribution in [1.82, 2.24) is 4.90 Å². The lowest BCUT2D eigenvalue weighted by Gasteiger charge is -2.37. The van der Waals surface area contributed by atoms with Crippen LogP contribution in [-0.4, -0.2) is 35.7 Å². The maximum absolute atomic E-state index is 9.57. The predicted molar refractivity (Wildman–Crippen MR) is 55.7 cm³/mol. The Balaban J connectivity index is 2.38. The van der Waals surface area contributed by atoms with Gasteiger partial charge in [-0.25, -0.2) is 0 Å². The lowest BCUT2D eigenvalue weighted by Crippen LogP contribution is -2.45. The first-order valence-corrected chi connectivity index (χ1v) is 5.29. The molecule has 13 heavy (non-hydrogen) atoms. The highest BCUT2D eigenvalue weighted by molar-refractivity contribution is 4.79. The van der Waals surface area contributed by atoms with E-state index in [1.807, 2.05) is 0 Å². The number of piperidine rings is 1. The summed E-state index contributed by atoms with van der Waals surface area (Å²) in [6.07, 6.45) is 0.869. The summed E-state index contributed by atoms with van der Waals surface area (Å²) >= 11 is 0. The highest BCUT2D eigenvalue weighted by Gasteiger charge is 2.26. The van der Waals surface area contributed by atoms with E-state index in [4.69, 9.17) is 0 Å². The van der Waals surface area contributed by atoms with Crippen molar-refractivity contribution in [3.8, 4) is 0 Å². The molecule has 0 spiro atoms. The molecule has 0 radical (unpaired) electrons. The molecule has 1 N–H and O–H groups in total. The van der Waals surface area contributed by atoms with Crippen molar-refractivity contribution in [2.75, 3.05) is 19.6 Å². The Bertz CT molecular complexity index is 162. The molecule has 1 rings (SSSR count). The van der Waals surface area contributed by atoms with Gasteiger partial charge in [-0.3, -0.25) is 0 Å². The Morgan fingerprint density at radius 3 is 2.46 bits per heavy atom. The van der Waals surface area contributed by atoms with Gasteiger partial charge in [0.05, 0.1) is 6.10 Å². The summed E-state index contributed by atoms with van der Waals surface area (Å²) in [5.74, 6) is 0.441. The van der Waals surface area contributed by atoms with Gasteiger partial charge in [0.2, 0.25) is 0 Å². The molecule has 1 fully saturated rings. The number of aliphatic hydroxyl groups is 1. The van der Waals surface area contributed by atoms with E-state index in [1.165, 1.54) is 0 Å². The Morgan fingerprint density at radius 1 is 1.38 bits per heavy atom. The molecule has 78 valence electrons. The first kappa shape index (κ1) is 11.0. The van der Waals surface area contributed by atoms with Gasteiger partial charge in [-0.05, 0) is 17.8 Å². The van der Waals surface area contributed by atoms with Gasteiger partial charge in [0.25, 0.3) is 0 Å². The van der Waals surface area contributed by atoms with Crippen LogP contribution in [0.1, 0.15) is 34.1 Å². The zero-order chi connectivity index (χ0) is 10.1. The van der Waals surface area contributed by atoms with Crippen LogP contribution in [0.25, 0.3) is 0 Å². The van der Waals surface area contributed by atoms with E-state index in [9.17, 15) is 5.11 Å². The van der Waals surface area contributed by atoms with Crippen LogP contribution in [0.3, 0.4) is 0 Å². The average Bonchev–Trinajstić information content (AvgIpc) is 1.94. The third-order valence-corrected chi connectivity index (χ3v) is 2.64. The molecule has 1 saturated heterocycles. The molecule has 0 amide bonds. The second kappa shape index (κ2) is 3.97. The van der Waals surface area contributed by atoms with Crippen molar-refractivity contribution >= 4 is 0 Å². The molecule has 1 aliphatic rings. The van der Waals surface area contributed by atoms with Crippen molar-refractivity contribution in [3.63, 3.8) is 0 Å². The van der Waals surface area contributed by atoms with Gasteiger partial charge in [-0.1, -0.05) is 27.7 Å². The van der Waals surface area contributed by atoms with Gasteiger partial charge >= 0.3 is 0 Å². The van der Waals surface area contributed by atoms with E-state index in [-0.39, 0.29) is 6.10 Å². The van der Waals surface area contributed by atoms with Gasteiger partial charge in [0, 0.05) is 19.6 Å². The van der Waals surface area contributed by atoms with Gasteiger partial charge in [-0.2, -0.15) is 0 Å². The fourth-order valence-electron chi connectivity index (χ4n) is 2.03. The number of aliphatic hydroxyl groups excluding tert-OH is 1. The third kappa shape index (κ3) is 3.65. The number of nitrogens with zero attached hydrogens (tertiary/aromatic N) is 1. The van der Waals surface area contributed by atoms with Gasteiger partial charge in [-0.15, -0.1) is 0 Å². The van der Waals surface area contributed by atoms with Crippen LogP contribution in [0.5, 0.6) is 0 Å². The molecule has 0 saturated carbocycles. The largest absolute Gasteiger partial charge is 0.393 e. The summed E-state index contributed by atoms with van der Waals surface area (Å²) in [7, 11) is 0. The van der Waals surface area contributed by atoms with Gasteiger partial charge in [0.15, 0.2) is 0 Å². The van der Waals surface area contributed by atoms with Crippen LogP contribution < -0.4 is 0 Å². The maximum atomic E-state index is 9.57. The molecular weight excluding hydrogens is 162 g/mol. The van der Waals surface area contributed by atoms with Crippen LogP contribution in [0.15, 0.2) is 0 Å². The monoisotopic (exact) mass is 185 g/mol. The predicted octanol–water partition coefficient (Wildman–Crippen LogP) is 1.74. The zero-order valence-electron chi connectivity index (χ0n) is 9.38. The average molecular weight is 185 g/mol. The standard InChI is InChI=1S/C11H23NO/c1-9-7-12(6-5-10(9)13)8-11(2,3)4/h9-10,13H,5-8H2,1-4H3. The minimum Gasteiger partial charge on any atom is -0.393 e. The van der Waals surface area contributed by atoms with Crippen molar-refractivity contribution in [2.45, 2.75) is 40.2 Å². The summed E-state index contributed by atoms with van der Waals surface area (Å²) in [5.41, 5.74) is 0.377. The second-order valence-electron chi connectivity index (χ2n) is 5.63. The van der Waals surface area contributed by atoms with Crippen molar-refractivity contribution in [1.29, 1.82) is 0 Å². The van der Waals surface area contributed by atoms with Crippen molar-refractivity contribution in [2.24, 2.45) is 11.3 Å². The van der Waals surface area contributed by atoms with E-state index < -0.39 is 0 Å². The molecule has 1 heterocycles. The van der Waals surface area contributed by atoms with Crippen LogP contribution in [0.4, 0.5) is 0 Å². The Hall–Kier alpha value is -0.0800. The Labute approximate surface area is 81.9 Å². The minimum atomic E-state index is -0.0729. The zero-order valence-corrected chi connectivity index (χ0v) is 9.38. The Morgan fingerprint density at radius 2 is 2.00 bits per heavy atom. The fourth-order valence-corrected chi connectivity index (χ4v) is 2.03. The molecule has 0 aromatic rings. The molecule has 0 bridgehead atoms. The number of rotatable bonds is 1. The number of hydrogen-bond donors (Lipinski definition) is 1. The lowest BCUT2D eigenvalue weighted by atomic mass is 9.91. The molecule has 0 aromatic heterocycles. The maximum Gasteiger partial charge on any atom is 0.0590 e.